The first-order valence-electron chi connectivity index (χ1n) is 8.73. The topological polar surface area (TPSA) is 75.8 Å². The Bertz CT molecular complexity index is 1230. The SMILES string of the molecule is O=c1oc2ccccc2n1CN1CCN(S(=O)(=O)c2ccc(F)c(F)c2F)CC1. The molecule has 1 aromatic heterocycles. The van der Waals surface area contributed by atoms with Crippen LogP contribution in [0.1, 0.15) is 0 Å². The van der Waals surface area contributed by atoms with Crippen molar-refractivity contribution in [2.24, 2.45) is 0 Å². The second-order valence-corrected chi connectivity index (χ2v) is 8.51. The second-order valence-electron chi connectivity index (χ2n) is 6.60. The summed E-state index contributed by atoms with van der Waals surface area (Å²) in [6.45, 7) is 0.729. The van der Waals surface area contributed by atoms with E-state index in [4.69, 9.17) is 4.42 Å². The summed E-state index contributed by atoms with van der Waals surface area (Å²) in [5.41, 5.74) is 1.07. The largest absolute Gasteiger partial charge is 0.421 e. The van der Waals surface area contributed by atoms with Crippen LogP contribution in [0.25, 0.3) is 11.1 Å². The highest BCUT2D eigenvalue weighted by Gasteiger charge is 2.32. The zero-order valence-corrected chi connectivity index (χ0v) is 15.8. The molecular weight excluding hydrogens is 411 g/mol. The maximum absolute atomic E-state index is 14.0. The summed E-state index contributed by atoms with van der Waals surface area (Å²) < 4.78 is 73.4. The number of benzene rings is 2. The molecular formula is C18H16F3N3O4S. The predicted molar refractivity (Wildman–Crippen MR) is 97.1 cm³/mol. The molecule has 0 atom stereocenters. The Hall–Kier alpha value is -2.63. The van der Waals surface area contributed by atoms with E-state index in [1.54, 1.807) is 24.3 Å². The van der Waals surface area contributed by atoms with E-state index in [0.29, 0.717) is 23.2 Å². The monoisotopic (exact) mass is 427 g/mol. The van der Waals surface area contributed by atoms with Crippen LogP contribution in [0.2, 0.25) is 0 Å². The lowest BCUT2D eigenvalue weighted by molar-refractivity contribution is 0.150. The molecule has 0 radical (unpaired) electrons. The fourth-order valence-electron chi connectivity index (χ4n) is 3.31. The van der Waals surface area contributed by atoms with Gasteiger partial charge in [0.05, 0.1) is 12.2 Å². The van der Waals surface area contributed by atoms with E-state index in [1.807, 2.05) is 4.90 Å². The summed E-state index contributed by atoms with van der Waals surface area (Å²) in [5.74, 6) is -5.53. The minimum absolute atomic E-state index is 0.00526. The van der Waals surface area contributed by atoms with Crippen molar-refractivity contribution in [1.82, 2.24) is 13.8 Å². The maximum Gasteiger partial charge on any atom is 0.421 e. The highest BCUT2D eigenvalue weighted by Crippen LogP contribution is 2.24. The lowest BCUT2D eigenvalue weighted by Gasteiger charge is -2.33. The van der Waals surface area contributed by atoms with Crippen LogP contribution in [0.4, 0.5) is 13.2 Å². The predicted octanol–water partition coefficient (Wildman–Crippen LogP) is 1.98. The van der Waals surface area contributed by atoms with E-state index in [9.17, 15) is 26.4 Å². The molecule has 1 aliphatic rings. The average Bonchev–Trinajstić information content (AvgIpc) is 3.02. The molecule has 0 N–H and O–H groups in total. The number of fused-ring (bicyclic) bond motifs is 1. The van der Waals surface area contributed by atoms with Crippen molar-refractivity contribution < 1.29 is 26.0 Å². The van der Waals surface area contributed by atoms with Gasteiger partial charge in [-0.25, -0.2) is 26.4 Å². The van der Waals surface area contributed by atoms with Crippen molar-refractivity contribution in [2.45, 2.75) is 11.6 Å². The van der Waals surface area contributed by atoms with Gasteiger partial charge in [-0.05, 0) is 24.3 Å². The van der Waals surface area contributed by atoms with Gasteiger partial charge in [0, 0.05) is 26.2 Å². The van der Waals surface area contributed by atoms with Gasteiger partial charge in [0.2, 0.25) is 10.0 Å². The number of halogens is 3. The number of oxazole rings is 1. The Labute approximate surface area is 163 Å². The second kappa shape index (κ2) is 7.32. The zero-order valence-electron chi connectivity index (χ0n) is 15.0. The van der Waals surface area contributed by atoms with Gasteiger partial charge < -0.3 is 4.42 Å². The lowest BCUT2D eigenvalue weighted by Crippen LogP contribution is -2.49. The molecule has 2 aromatic carbocycles. The molecule has 0 unspecified atom stereocenters. The molecule has 154 valence electrons. The molecule has 1 fully saturated rings. The Kier molecular flexibility index (Phi) is 4.97. The first-order valence-corrected chi connectivity index (χ1v) is 10.2. The minimum Gasteiger partial charge on any atom is -0.408 e. The number of sulfonamides is 1. The minimum atomic E-state index is -4.32. The number of hydrogen-bond acceptors (Lipinski definition) is 5. The Morgan fingerprint density at radius 1 is 0.931 bits per heavy atom. The van der Waals surface area contributed by atoms with E-state index in [0.717, 1.165) is 4.31 Å². The van der Waals surface area contributed by atoms with Gasteiger partial charge in [0.25, 0.3) is 0 Å². The third kappa shape index (κ3) is 3.45. The molecule has 7 nitrogen and oxygen atoms in total. The highest BCUT2D eigenvalue weighted by molar-refractivity contribution is 7.89. The van der Waals surface area contributed by atoms with Crippen LogP contribution < -0.4 is 5.76 Å². The van der Waals surface area contributed by atoms with Crippen LogP contribution >= 0.6 is 0 Å². The van der Waals surface area contributed by atoms with Crippen molar-refractivity contribution >= 4 is 21.1 Å². The van der Waals surface area contributed by atoms with E-state index >= 15 is 0 Å². The van der Waals surface area contributed by atoms with Gasteiger partial charge in [-0.15, -0.1) is 0 Å². The molecule has 1 aliphatic heterocycles. The fraction of sp³-hybridized carbons (Fsp3) is 0.278. The van der Waals surface area contributed by atoms with E-state index in [2.05, 4.69) is 0 Å². The number of hydrogen-bond donors (Lipinski definition) is 0. The molecule has 3 aromatic rings. The first-order chi connectivity index (χ1) is 13.8. The molecule has 0 aliphatic carbocycles. The number of rotatable bonds is 4. The maximum atomic E-state index is 14.0. The molecule has 0 saturated carbocycles. The van der Waals surface area contributed by atoms with E-state index < -0.39 is 38.1 Å². The molecule has 29 heavy (non-hydrogen) atoms. The first kappa shape index (κ1) is 19.7. The van der Waals surface area contributed by atoms with Crippen molar-refractivity contribution in [3.63, 3.8) is 0 Å². The molecule has 0 spiro atoms. The normalized spacial score (nSPS) is 16.5. The molecule has 2 heterocycles. The fourth-order valence-corrected chi connectivity index (χ4v) is 4.78. The lowest BCUT2D eigenvalue weighted by atomic mass is 10.3. The number of piperazine rings is 1. The number of aromatic nitrogens is 1. The smallest absolute Gasteiger partial charge is 0.408 e. The van der Waals surface area contributed by atoms with Gasteiger partial charge in [-0.2, -0.15) is 4.31 Å². The van der Waals surface area contributed by atoms with Crippen molar-refractivity contribution in [2.75, 3.05) is 26.2 Å². The summed E-state index contributed by atoms with van der Waals surface area (Å²) in [7, 11) is -4.32. The average molecular weight is 427 g/mol. The molecule has 11 heteroatoms. The van der Waals surface area contributed by atoms with Gasteiger partial charge in [0.1, 0.15) is 4.90 Å². The molecule has 0 bridgehead atoms. The standard InChI is InChI=1S/C18H16F3N3O4S/c19-12-5-6-15(17(21)16(12)20)29(26,27)23-9-7-22(8-10-23)11-24-13-3-1-2-4-14(13)28-18(24)25/h1-6H,7-11H2. The zero-order chi connectivity index (χ0) is 20.8. The summed E-state index contributed by atoms with van der Waals surface area (Å²) in [6.07, 6.45) is 0. The van der Waals surface area contributed by atoms with Crippen LogP contribution in [-0.4, -0.2) is 48.4 Å². The van der Waals surface area contributed by atoms with E-state index in [-0.39, 0.29) is 32.8 Å². The van der Waals surface area contributed by atoms with Crippen LogP contribution in [0.5, 0.6) is 0 Å². The summed E-state index contributed by atoms with van der Waals surface area (Å²) >= 11 is 0. The van der Waals surface area contributed by atoms with Gasteiger partial charge in [0.15, 0.2) is 23.0 Å². The summed E-state index contributed by atoms with van der Waals surface area (Å²) in [6, 6.07) is 8.23. The van der Waals surface area contributed by atoms with Crippen LogP contribution in [0.15, 0.2) is 50.5 Å². The summed E-state index contributed by atoms with van der Waals surface area (Å²) in [5, 5.41) is 0. The van der Waals surface area contributed by atoms with Crippen LogP contribution in [0.3, 0.4) is 0 Å². The Balaban J connectivity index is 1.50. The van der Waals surface area contributed by atoms with Crippen molar-refractivity contribution in [1.29, 1.82) is 0 Å². The van der Waals surface area contributed by atoms with E-state index in [1.165, 1.54) is 4.57 Å². The highest BCUT2D eigenvalue weighted by atomic mass is 32.2. The van der Waals surface area contributed by atoms with Crippen molar-refractivity contribution in [3.8, 4) is 0 Å². The Morgan fingerprint density at radius 2 is 1.62 bits per heavy atom. The van der Waals surface area contributed by atoms with Crippen LogP contribution in [-0.2, 0) is 16.7 Å². The Morgan fingerprint density at radius 3 is 2.34 bits per heavy atom. The molecule has 1 saturated heterocycles. The number of para-hydroxylation sites is 2. The van der Waals surface area contributed by atoms with Gasteiger partial charge in [-0.1, -0.05) is 12.1 Å². The van der Waals surface area contributed by atoms with Crippen LogP contribution in [0, 0.1) is 17.5 Å². The molecule has 4 rings (SSSR count). The summed E-state index contributed by atoms with van der Waals surface area (Å²) in [4.78, 5) is 13.0. The van der Waals surface area contributed by atoms with Gasteiger partial charge >= 0.3 is 5.76 Å². The third-order valence-corrected chi connectivity index (χ3v) is 6.78. The van der Waals surface area contributed by atoms with Gasteiger partial charge in [-0.3, -0.25) is 9.47 Å². The third-order valence-electron chi connectivity index (χ3n) is 4.86. The number of nitrogens with zero attached hydrogens (tertiary/aromatic N) is 3. The quantitative estimate of drug-likeness (QED) is 0.596. The van der Waals surface area contributed by atoms with Crippen molar-refractivity contribution in [3.05, 3.63) is 64.4 Å². The molecule has 0 amide bonds.